The molecule has 0 atom stereocenters. The summed E-state index contributed by atoms with van der Waals surface area (Å²) in [5, 5.41) is 20.2. The largest absolute Gasteiger partial charge is 0.481 e. The van der Waals surface area contributed by atoms with Gasteiger partial charge in [-0.05, 0) is 12.8 Å². The summed E-state index contributed by atoms with van der Waals surface area (Å²) in [6.07, 6.45) is 2.23. The molecule has 0 unspecified atom stereocenters. The van der Waals surface area contributed by atoms with Crippen molar-refractivity contribution >= 4 is 23.3 Å². The molecule has 1 aromatic rings. The van der Waals surface area contributed by atoms with Crippen molar-refractivity contribution in [3.05, 3.63) is 16.1 Å². The monoisotopic (exact) mass is 241 g/mol. The van der Waals surface area contributed by atoms with E-state index in [1.165, 1.54) is 11.3 Å². The quantitative estimate of drug-likeness (QED) is 0.760. The van der Waals surface area contributed by atoms with Gasteiger partial charge in [0.1, 0.15) is 0 Å². The number of hydrogen-bond acceptors (Lipinski definition) is 4. The number of carboxylic acid groups (broad SMARTS) is 2. The molecule has 1 aromatic heterocycles. The highest BCUT2D eigenvalue weighted by molar-refractivity contribution is 7.09. The van der Waals surface area contributed by atoms with Crippen LogP contribution in [0.25, 0.3) is 0 Å². The number of aliphatic carboxylic acids is 2. The van der Waals surface area contributed by atoms with Crippen LogP contribution in [0.15, 0.2) is 5.38 Å². The predicted octanol–water partition coefficient (Wildman–Crippen LogP) is 1.35. The molecule has 1 aliphatic rings. The average Bonchev–Trinajstić information content (AvgIpc) is 2.94. The number of rotatable bonds is 5. The number of thiazole rings is 1. The van der Waals surface area contributed by atoms with E-state index in [1.54, 1.807) is 5.38 Å². The van der Waals surface area contributed by atoms with E-state index in [2.05, 4.69) is 4.98 Å². The topological polar surface area (TPSA) is 87.5 Å². The minimum atomic E-state index is -1.39. The molecule has 1 saturated carbocycles. The summed E-state index contributed by atoms with van der Waals surface area (Å²) >= 11 is 1.49. The highest BCUT2D eigenvalue weighted by Gasteiger charge is 2.29. The first-order valence-electron chi connectivity index (χ1n) is 4.98. The maximum absolute atomic E-state index is 10.7. The molecule has 0 amide bonds. The third-order valence-corrected chi connectivity index (χ3v) is 3.56. The van der Waals surface area contributed by atoms with Crippen molar-refractivity contribution in [2.45, 2.75) is 25.2 Å². The van der Waals surface area contributed by atoms with Gasteiger partial charge in [-0.1, -0.05) is 0 Å². The average molecular weight is 241 g/mol. The normalized spacial score (nSPS) is 15.3. The SMILES string of the molecule is O=C(O)C(Cc1csc(C2CC2)n1)C(=O)O. The number of carboxylic acids is 2. The fraction of sp³-hybridized carbons (Fsp3) is 0.500. The lowest BCUT2D eigenvalue weighted by Crippen LogP contribution is -2.25. The maximum atomic E-state index is 10.7. The third-order valence-electron chi connectivity index (χ3n) is 2.51. The van der Waals surface area contributed by atoms with E-state index in [9.17, 15) is 9.59 Å². The summed E-state index contributed by atoms with van der Waals surface area (Å²) in [7, 11) is 0. The molecule has 6 heteroatoms. The van der Waals surface area contributed by atoms with Crippen LogP contribution < -0.4 is 0 Å². The fourth-order valence-corrected chi connectivity index (χ4v) is 2.43. The van der Waals surface area contributed by atoms with Crippen LogP contribution in [0.5, 0.6) is 0 Å². The molecule has 0 aliphatic heterocycles. The third kappa shape index (κ3) is 2.38. The van der Waals surface area contributed by atoms with Gasteiger partial charge < -0.3 is 10.2 Å². The molecule has 0 aromatic carbocycles. The molecular weight excluding hydrogens is 230 g/mol. The van der Waals surface area contributed by atoms with Crippen molar-refractivity contribution in [2.75, 3.05) is 0 Å². The molecule has 2 rings (SSSR count). The number of aromatic nitrogens is 1. The van der Waals surface area contributed by atoms with Crippen molar-refractivity contribution in [1.29, 1.82) is 0 Å². The van der Waals surface area contributed by atoms with Gasteiger partial charge >= 0.3 is 11.9 Å². The molecule has 1 fully saturated rings. The molecule has 0 radical (unpaired) electrons. The Hall–Kier alpha value is -1.43. The molecule has 2 N–H and O–H groups in total. The first-order valence-corrected chi connectivity index (χ1v) is 5.86. The van der Waals surface area contributed by atoms with Crippen LogP contribution in [0, 0.1) is 5.92 Å². The summed E-state index contributed by atoms with van der Waals surface area (Å²) in [6.45, 7) is 0. The van der Waals surface area contributed by atoms with Gasteiger partial charge in [-0.2, -0.15) is 0 Å². The zero-order valence-electron chi connectivity index (χ0n) is 8.42. The highest BCUT2D eigenvalue weighted by Crippen LogP contribution is 2.41. The zero-order valence-corrected chi connectivity index (χ0v) is 9.24. The Morgan fingerprint density at radius 2 is 2.06 bits per heavy atom. The van der Waals surface area contributed by atoms with Gasteiger partial charge in [0.15, 0.2) is 5.92 Å². The lowest BCUT2D eigenvalue weighted by Gasteiger charge is -2.03. The summed E-state index contributed by atoms with van der Waals surface area (Å²) in [5.41, 5.74) is 0.571. The molecule has 1 aliphatic carbocycles. The highest BCUT2D eigenvalue weighted by atomic mass is 32.1. The van der Waals surface area contributed by atoms with E-state index in [0.717, 1.165) is 17.8 Å². The second-order valence-electron chi connectivity index (χ2n) is 3.88. The van der Waals surface area contributed by atoms with Gasteiger partial charge in [-0.25, -0.2) is 4.98 Å². The van der Waals surface area contributed by atoms with Gasteiger partial charge in [0, 0.05) is 17.7 Å². The smallest absolute Gasteiger partial charge is 0.318 e. The van der Waals surface area contributed by atoms with Gasteiger partial charge in [0.2, 0.25) is 0 Å². The minimum Gasteiger partial charge on any atom is -0.481 e. The summed E-state index contributed by atoms with van der Waals surface area (Å²) in [4.78, 5) is 25.7. The van der Waals surface area contributed by atoms with E-state index in [-0.39, 0.29) is 6.42 Å². The van der Waals surface area contributed by atoms with Gasteiger partial charge in [-0.15, -0.1) is 11.3 Å². The van der Waals surface area contributed by atoms with Crippen molar-refractivity contribution in [3.8, 4) is 0 Å². The molecule has 16 heavy (non-hydrogen) atoms. The predicted molar refractivity (Wildman–Crippen MR) is 56.6 cm³/mol. The van der Waals surface area contributed by atoms with E-state index in [4.69, 9.17) is 10.2 Å². The summed E-state index contributed by atoms with van der Waals surface area (Å²) in [6, 6.07) is 0. The Morgan fingerprint density at radius 3 is 2.56 bits per heavy atom. The van der Waals surface area contributed by atoms with Crippen LogP contribution in [0.2, 0.25) is 0 Å². The fourth-order valence-electron chi connectivity index (χ4n) is 1.42. The Labute approximate surface area is 95.8 Å². The van der Waals surface area contributed by atoms with Gasteiger partial charge in [0.05, 0.1) is 10.7 Å². The summed E-state index contributed by atoms with van der Waals surface area (Å²) < 4.78 is 0. The molecule has 0 spiro atoms. The first kappa shape index (κ1) is 11.1. The summed E-state index contributed by atoms with van der Waals surface area (Å²) in [5.74, 6) is -3.50. The van der Waals surface area contributed by atoms with Crippen LogP contribution in [0.3, 0.4) is 0 Å². The second kappa shape index (κ2) is 4.21. The number of carbonyl (C=O) groups is 2. The molecule has 0 bridgehead atoms. The molecule has 86 valence electrons. The van der Waals surface area contributed by atoms with Gasteiger partial charge in [0.25, 0.3) is 0 Å². The second-order valence-corrected chi connectivity index (χ2v) is 4.77. The maximum Gasteiger partial charge on any atom is 0.318 e. The molecule has 1 heterocycles. The lowest BCUT2D eigenvalue weighted by molar-refractivity contribution is -0.154. The number of hydrogen-bond donors (Lipinski definition) is 2. The molecule has 5 nitrogen and oxygen atoms in total. The van der Waals surface area contributed by atoms with E-state index in [1.807, 2.05) is 0 Å². The van der Waals surface area contributed by atoms with E-state index < -0.39 is 17.9 Å². The Bertz CT molecular complexity index is 410. The van der Waals surface area contributed by atoms with Crippen molar-refractivity contribution in [3.63, 3.8) is 0 Å². The van der Waals surface area contributed by atoms with Gasteiger partial charge in [-0.3, -0.25) is 9.59 Å². The van der Waals surface area contributed by atoms with Crippen molar-refractivity contribution in [2.24, 2.45) is 5.92 Å². The molecular formula is C10H11NO4S. The van der Waals surface area contributed by atoms with E-state index >= 15 is 0 Å². The van der Waals surface area contributed by atoms with Crippen LogP contribution in [-0.2, 0) is 16.0 Å². The lowest BCUT2D eigenvalue weighted by atomic mass is 10.0. The minimum absolute atomic E-state index is 0.0338. The Balaban J connectivity index is 2.05. The zero-order chi connectivity index (χ0) is 11.7. The number of nitrogens with zero attached hydrogens (tertiary/aromatic N) is 1. The van der Waals surface area contributed by atoms with Crippen LogP contribution >= 0.6 is 11.3 Å². The van der Waals surface area contributed by atoms with Crippen LogP contribution in [-0.4, -0.2) is 27.1 Å². The standard InChI is InChI=1S/C10H11NO4S/c12-9(13)7(10(14)15)3-6-4-16-8(11-6)5-1-2-5/h4-5,7H,1-3H2,(H,12,13)(H,14,15). The van der Waals surface area contributed by atoms with Crippen LogP contribution in [0.4, 0.5) is 0 Å². The first-order chi connectivity index (χ1) is 7.58. The Kier molecular flexibility index (Phi) is 2.91. The Morgan fingerprint density at radius 1 is 1.44 bits per heavy atom. The van der Waals surface area contributed by atoms with E-state index in [0.29, 0.717) is 11.6 Å². The van der Waals surface area contributed by atoms with Crippen molar-refractivity contribution in [1.82, 2.24) is 4.98 Å². The van der Waals surface area contributed by atoms with Crippen molar-refractivity contribution < 1.29 is 19.8 Å². The molecule has 0 saturated heterocycles. The van der Waals surface area contributed by atoms with Crippen LogP contribution in [0.1, 0.15) is 29.5 Å².